The molecule has 1 atom stereocenters. The number of benzene rings is 2. The highest BCUT2D eigenvalue weighted by atomic mass is 32.2. The normalized spacial score (nSPS) is 17.7. The number of nitrogens with one attached hydrogen (secondary N) is 1. The van der Waals surface area contributed by atoms with E-state index in [0.29, 0.717) is 6.42 Å². The number of carbonyl (C=O) groups excluding carboxylic acids is 2. The molecule has 3 nitrogen and oxygen atoms in total. The van der Waals surface area contributed by atoms with Crippen molar-refractivity contribution in [2.24, 2.45) is 0 Å². The maximum atomic E-state index is 11.9. The lowest BCUT2D eigenvalue weighted by Crippen LogP contribution is -2.25. The molecule has 2 aromatic rings. The molecule has 0 spiro atoms. The summed E-state index contributed by atoms with van der Waals surface area (Å²) in [5.41, 5.74) is 3.21. The molecule has 3 rings (SSSR count). The molecule has 23 heavy (non-hydrogen) atoms. The molecule has 1 aliphatic rings. The summed E-state index contributed by atoms with van der Waals surface area (Å²) in [6, 6.07) is 10.1. The highest BCUT2D eigenvalue weighted by Gasteiger charge is 2.32. The molecule has 0 aromatic heterocycles. The fourth-order valence-corrected chi connectivity index (χ4v) is 3.67. The van der Waals surface area contributed by atoms with Gasteiger partial charge in [0, 0.05) is 0 Å². The largest absolute Gasteiger partial charge is 0.286 e. The zero-order valence-electron chi connectivity index (χ0n) is 12.6. The molecule has 2 amide bonds. The average Bonchev–Trinajstić information content (AvgIpc) is 2.86. The van der Waals surface area contributed by atoms with Crippen LogP contribution in [0.1, 0.15) is 16.7 Å². The van der Waals surface area contributed by atoms with E-state index in [1.54, 1.807) is 6.08 Å². The molecule has 0 bridgehead atoms. The molecule has 1 heterocycles. The first-order chi connectivity index (χ1) is 11.1. The second kappa shape index (κ2) is 6.31. The topological polar surface area (TPSA) is 46.2 Å². The molecule has 0 aliphatic carbocycles. The van der Waals surface area contributed by atoms with Crippen LogP contribution in [-0.2, 0) is 11.2 Å². The van der Waals surface area contributed by atoms with Crippen molar-refractivity contribution in [3.63, 3.8) is 0 Å². The summed E-state index contributed by atoms with van der Waals surface area (Å²) >= 11 is 1.06. The molecule has 0 saturated carbocycles. The first-order valence-electron chi connectivity index (χ1n) is 7.25. The maximum absolute atomic E-state index is 11.9. The number of thioether (sulfide) groups is 1. The van der Waals surface area contributed by atoms with E-state index in [2.05, 4.69) is 17.3 Å². The third kappa shape index (κ3) is 3.01. The van der Waals surface area contributed by atoms with E-state index >= 15 is 0 Å². The van der Waals surface area contributed by atoms with Crippen LogP contribution >= 0.6 is 11.8 Å². The van der Waals surface area contributed by atoms with E-state index in [9.17, 15) is 9.59 Å². The number of fused-ring (bicyclic) bond motifs is 1. The summed E-state index contributed by atoms with van der Waals surface area (Å²) in [6.07, 6.45) is 9.40. The van der Waals surface area contributed by atoms with Crippen LogP contribution in [0.3, 0.4) is 0 Å². The van der Waals surface area contributed by atoms with Gasteiger partial charge in [0.2, 0.25) is 5.91 Å². The van der Waals surface area contributed by atoms with Gasteiger partial charge in [0.25, 0.3) is 5.24 Å². The van der Waals surface area contributed by atoms with Gasteiger partial charge in [-0.05, 0) is 59.0 Å². The first kappa shape index (κ1) is 15.4. The molecule has 1 aliphatic heterocycles. The Morgan fingerprint density at radius 3 is 2.83 bits per heavy atom. The molecule has 1 saturated heterocycles. The zero-order chi connectivity index (χ0) is 16.4. The lowest BCUT2D eigenvalue weighted by molar-refractivity contribution is -0.118. The molecule has 1 fully saturated rings. The van der Waals surface area contributed by atoms with Gasteiger partial charge in [0.1, 0.15) is 0 Å². The third-order valence-corrected chi connectivity index (χ3v) is 4.98. The van der Waals surface area contributed by atoms with E-state index in [1.807, 2.05) is 37.3 Å². The number of hydrogen-bond donors (Lipinski definition) is 1. The second-order valence-corrected chi connectivity index (χ2v) is 6.55. The first-order valence-corrected chi connectivity index (χ1v) is 8.13. The van der Waals surface area contributed by atoms with Gasteiger partial charge >= 0.3 is 0 Å². The minimum atomic E-state index is -0.378. The van der Waals surface area contributed by atoms with Crippen molar-refractivity contribution in [1.82, 2.24) is 5.32 Å². The Bertz CT molecular complexity index is 877. The smallest absolute Gasteiger partial charge is 0.286 e. The Hall–Kier alpha value is -2.51. The summed E-state index contributed by atoms with van der Waals surface area (Å²) in [6.45, 7) is 2.03. The minimum Gasteiger partial charge on any atom is -0.286 e. The fourth-order valence-electron chi connectivity index (χ4n) is 2.84. The number of allylic oxidation sites excluding steroid dienone is 1. The number of terminal acetylenes is 1. The summed E-state index contributed by atoms with van der Waals surface area (Å²) in [4.78, 5) is 23.3. The van der Waals surface area contributed by atoms with Crippen molar-refractivity contribution in [3.05, 3.63) is 53.1 Å². The van der Waals surface area contributed by atoms with Gasteiger partial charge in [-0.1, -0.05) is 41.9 Å². The Labute approximate surface area is 139 Å². The fraction of sp³-hybridized carbons (Fsp3) is 0.158. The Kier molecular flexibility index (Phi) is 4.22. The third-order valence-electron chi connectivity index (χ3n) is 4.00. The molecule has 4 heteroatoms. The second-order valence-electron chi connectivity index (χ2n) is 5.38. The minimum absolute atomic E-state index is 0.215. The Morgan fingerprint density at radius 1 is 1.35 bits per heavy atom. The van der Waals surface area contributed by atoms with Gasteiger partial charge in [0.05, 0.1) is 5.25 Å². The standard InChI is InChI=1S/C19H15NO2S/c1-3-4-7-13-10-14-8-5-6-9-15(14)16(12(13)2)11-17-18(21)20-19(22)23-17/h1,4-10,17H,11H2,2H3,(H,20,21,22)/b7-4-. The summed E-state index contributed by atoms with van der Waals surface area (Å²) in [5.74, 6) is 2.29. The highest BCUT2D eigenvalue weighted by Crippen LogP contribution is 2.31. The van der Waals surface area contributed by atoms with E-state index in [0.717, 1.165) is 39.2 Å². The summed E-state index contributed by atoms with van der Waals surface area (Å²) in [5, 5.41) is 3.90. The molecule has 2 aromatic carbocycles. The molecular weight excluding hydrogens is 306 g/mol. The van der Waals surface area contributed by atoms with Crippen LogP contribution in [0.5, 0.6) is 0 Å². The maximum Gasteiger partial charge on any atom is 0.286 e. The van der Waals surface area contributed by atoms with Crippen LogP contribution in [-0.4, -0.2) is 16.4 Å². The summed E-state index contributed by atoms with van der Waals surface area (Å²) in [7, 11) is 0. The van der Waals surface area contributed by atoms with Crippen LogP contribution in [0.2, 0.25) is 0 Å². The van der Waals surface area contributed by atoms with Crippen molar-refractivity contribution < 1.29 is 9.59 Å². The number of amides is 2. The van der Waals surface area contributed by atoms with Crippen molar-refractivity contribution in [1.29, 1.82) is 0 Å². The Morgan fingerprint density at radius 2 is 2.13 bits per heavy atom. The number of rotatable bonds is 3. The van der Waals surface area contributed by atoms with Crippen molar-refractivity contribution in [2.45, 2.75) is 18.6 Å². The molecule has 1 unspecified atom stereocenters. The SMILES string of the molecule is C#C/C=C\c1cc2ccccc2c(CC2SC(=O)NC2=O)c1C. The predicted molar refractivity (Wildman–Crippen MR) is 95.2 cm³/mol. The van der Waals surface area contributed by atoms with Crippen LogP contribution < -0.4 is 5.32 Å². The van der Waals surface area contributed by atoms with E-state index in [4.69, 9.17) is 6.42 Å². The van der Waals surface area contributed by atoms with E-state index in [1.165, 1.54) is 0 Å². The number of carbonyl (C=O) groups is 2. The van der Waals surface area contributed by atoms with Crippen LogP contribution in [0.4, 0.5) is 4.79 Å². The quantitative estimate of drug-likeness (QED) is 0.877. The lowest BCUT2D eigenvalue weighted by atomic mass is 9.91. The van der Waals surface area contributed by atoms with Crippen molar-refractivity contribution in [2.75, 3.05) is 0 Å². The van der Waals surface area contributed by atoms with Crippen molar-refractivity contribution in [3.8, 4) is 12.3 Å². The van der Waals surface area contributed by atoms with Gasteiger partial charge in [-0.3, -0.25) is 14.9 Å². The molecule has 1 N–H and O–H groups in total. The average molecular weight is 321 g/mol. The molecule has 0 radical (unpaired) electrons. The van der Waals surface area contributed by atoms with Crippen molar-refractivity contribution >= 4 is 39.8 Å². The van der Waals surface area contributed by atoms with Gasteiger partial charge in [-0.15, -0.1) is 6.42 Å². The monoisotopic (exact) mass is 321 g/mol. The van der Waals surface area contributed by atoms with Gasteiger partial charge in [0.15, 0.2) is 0 Å². The van der Waals surface area contributed by atoms with E-state index < -0.39 is 0 Å². The Balaban J connectivity index is 2.12. The number of imide groups is 1. The van der Waals surface area contributed by atoms with E-state index in [-0.39, 0.29) is 16.4 Å². The highest BCUT2D eigenvalue weighted by molar-refractivity contribution is 8.15. The van der Waals surface area contributed by atoms with Gasteiger partial charge in [-0.25, -0.2) is 0 Å². The summed E-state index contributed by atoms with van der Waals surface area (Å²) < 4.78 is 0. The van der Waals surface area contributed by atoms with Gasteiger partial charge in [-0.2, -0.15) is 0 Å². The van der Waals surface area contributed by atoms with Crippen LogP contribution in [0.15, 0.2) is 36.4 Å². The lowest BCUT2D eigenvalue weighted by Gasteiger charge is -2.15. The zero-order valence-corrected chi connectivity index (χ0v) is 13.4. The molecule has 114 valence electrons. The van der Waals surface area contributed by atoms with Crippen LogP contribution in [0, 0.1) is 19.3 Å². The van der Waals surface area contributed by atoms with Crippen LogP contribution in [0.25, 0.3) is 16.8 Å². The number of hydrogen-bond acceptors (Lipinski definition) is 3. The molecular formula is C19H15NO2S. The van der Waals surface area contributed by atoms with Gasteiger partial charge < -0.3 is 0 Å². The predicted octanol–water partition coefficient (Wildman–Crippen LogP) is 3.69.